The number of hydrogen-bond donors (Lipinski definition) is 4. The van der Waals surface area contributed by atoms with Crippen LogP contribution in [0.15, 0.2) is 72.8 Å². The molecule has 12 heteroatoms. The molecule has 1 fully saturated rings. The van der Waals surface area contributed by atoms with Crippen molar-refractivity contribution in [1.29, 1.82) is 0 Å². The summed E-state index contributed by atoms with van der Waals surface area (Å²) in [5.74, 6) is -3.47. The molecule has 44 heavy (non-hydrogen) atoms. The van der Waals surface area contributed by atoms with E-state index in [4.69, 9.17) is 18.9 Å². The van der Waals surface area contributed by atoms with Gasteiger partial charge in [-0.1, -0.05) is 36.4 Å². The molecule has 3 aromatic rings. The minimum absolute atomic E-state index is 0.00213. The predicted octanol–water partition coefficient (Wildman–Crippen LogP) is 2.26. The number of carbonyl (C=O) groups excluding carboxylic acids is 4. The number of benzene rings is 3. The highest BCUT2D eigenvalue weighted by Gasteiger charge is 2.55. The van der Waals surface area contributed by atoms with Crippen LogP contribution in [0.1, 0.15) is 29.5 Å². The summed E-state index contributed by atoms with van der Waals surface area (Å²) in [4.78, 5) is 51.7. The molecule has 0 heterocycles. The van der Waals surface area contributed by atoms with Gasteiger partial charge in [0.05, 0.1) is 26.4 Å². The van der Waals surface area contributed by atoms with Crippen LogP contribution in [0.2, 0.25) is 0 Å². The molecular weight excluding hydrogens is 576 g/mol. The van der Waals surface area contributed by atoms with Gasteiger partial charge in [0.25, 0.3) is 0 Å². The van der Waals surface area contributed by atoms with Gasteiger partial charge in [-0.05, 0) is 53.1 Å². The Labute approximate surface area is 252 Å². The molecule has 0 amide bonds. The summed E-state index contributed by atoms with van der Waals surface area (Å²) < 4.78 is 21.8. The molecule has 4 rings (SSSR count). The lowest BCUT2D eigenvalue weighted by Gasteiger charge is -2.42. The first-order valence-electron chi connectivity index (χ1n) is 13.7. The Kier molecular flexibility index (Phi) is 10.1. The summed E-state index contributed by atoms with van der Waals surface area (Å²) in [5, 5.41) is 39.9. The molecule has 2 atom stereocenters. The highest BCUT2D eigenvalue weighted by atomic mass is 16.6. The van der Waals surface area contributed by atoms with Crippen molar-refractivity contribution < 1.29 is 58.6 Å². The summed E-state index contributed by atoms with van der Waals surface area (Å²) in [6.07, 6.45) is -6.10. The molecule has 0 bridgehead atoms. The minimum Gasteiger partial charge on any atom is -0.508 e. The van der Waals surface area contributed by atoms with Gasteiger partial charge in [0, 0.05) is 12.8 Å². The van der Waals surface area contributed by atoms with E-state index in [9.17, 15) is 39.6 Å². The third-order valence-electron chi connectivity index (χ3n) is 7.06. The van der Waals surface area contributed by atoms with Gasteiger partial charge in [-0.3, -0.25) is 14.4 Å². The number of phenols is 3. The Morgan fingerprint density at radius 2 is 0.932 bits per heavy atom. The van der Waals surface area contributed by atoms with Gasteiger partial charge in [-0.25, -0.2) is 4.79 Å². The summed E-state index contributed by atoms with van der Waals surface area (Å²) in [6.45, 7) is 0. The van der Waals surface area contributed by atoms with E-state index >= 15 is 0 Å². The number of methoxy groups -OCH3 is 1. The zero-order valence-electron chi connectivity index (χ0n) is 23.8. The number of hydrogen-bond acceptors (Lipinski definition) is 12. The first-order chi connectivity index (χ1) is 20.9. The summed E-state index contributed by atoms with van der Waals surface area (Å²) in [6, 6.07) is 17.4. The zero-order chi connectivity index (χ0) is 31.9. The number of rotatable bonds is 10. The molecule has 3 aromatic carbocycles. The Bertz CT molecular complexity index is 1390. The van der Waals surface area contributed by atoms with Crippen molar-refractivity contribution >= 4 is 23.9 Å². The molecule has 0 aliphatic heterocycles. The highest BCUT2D eigenvalue weighted by molar-refractivity contribution is 5.80. The van der Waals surface area contributed by atoms with E-state index in [-0.39, 0.29) is 36.5 Å². The fourth-order valence-electron chi connectivity index (χ4n) is 4.90. The van der Waals surface area contributed by atoms with Crippen molar-refractivity contribution in [3.8, 4) is 17.2 Å². The standard InChI is InChI=1S/C32H32O12/c1-41-31(39)32(40)17-25(42-27(36)14-19-2-8-22(33)9-3-19)30(44-29(38)16-21-6-12-24(35)13-7-21)26(18-32)43-28(37)15-20-4-10-23(34)11-5-20/h2-13,25-26,30,33-35,40H,14-18H2,1H3/t25-,26-,30?,32?/m0/s1. The van der Waals surface area contributed by atoms with Crippen molar-refractivity contribution in [1.82, 2.24) is 0 Å². The fourth-order valence-corrected chi connectivity index (χ4v) is 4.90. The molecule has 0 saturated heterocycles. The first kappa shape index (κ1) is 31.8. The second kappa shape index (κ2) is 13.9. The molecule has 1 aliphatic carbocycles. The third-order valence-corrected chi connectivity index (χ3v) is 7.06. The Morgan fingerprint density at radius 1 is 0.614 bits per heavy atom. The maximum atomic E-state index is 13.1. The quantitative estimate of drug-likeness (QED) is 0.195. The van der Waals surface area contributed by atoms with Gasteiger partial charge in [-0.2, -0.15) is 0 Å². The Morgan fingerprint density at radius 3 is 1.25 bits per heavy atom. The van der Waals surface area contributed by atoms with Crippen LogP contribution in [0.4, 0.5) is 0 Å². The SMILES string of the molecule is COC(=O)C1(O)C[C@H](OC(=O)Cc2ccc(O)cc2)C(OC(=O)Cc2ccc(O)cc2)[C@@H](OC(=O)Cc2ccc(O)cc2)C1. The average molecular weight is 609 g/mol. The van der Waals surface area contributed by atoms with Crippen molar-refractivity contribution in [2.75, 3.05) is 7.11 Å². The van der Waals surface area contributed by atoms with E-state index < -0.39 is 60.6 Å². The number of aromatic hydroxyl groups is 3. The van der Waals surface area contributed by atoms with E-state index in [1.165, 1.54) is 72.8 Å². The van der Waals surface area contributed by atoms with Gasteiger partial charge in [0.15, 0.2) is 11.7 Å². The molecule has 1 aliphatic rings. The van der Waals surface area contributed by atoms with Gasteiger partial charge in [-0.15, -0.1) is 0 Å². The van der Waals surface area contributed by atoms with Crippen molar-refractivity contribution in [2.24, 2.45) is 0 Å². The normalized spacial score (nSPS) is 21.1. The van der Waals surface area contributed by atoms with Crippen LogP contribution < -0.4 is 0 Å². The highest BCUT2D eigenvalue weighted by Crippen LogP contribution is 2.36. The van der Waals surface area contributed by atoms with Gasteiger partial charge in [0.1, 0.15) is 29.5 Å². The van der Waals surface area contributed by atoms with E-state index in [0.717, 1.165) is 7.11 Å². The van der Waals surface area contributed by atoms with E-state index in [2.05, 4.69) is 0 Å². The zero-order valence-corrected chi connectivity index (χ0v) is 23.8. The van der Waals surface area contributed by atoms with Crippen molar-refractivity contribution in [3.63, 3.8) is 0 Å². The predicted molar refractivity (Wildman–Crippen MR) is 151 cm³/mol. The smallest absolute Gasteiger partial charge is 0.338 e. The van der Waals surface area contributed by atoms with Crippen LogP contribution in [-0.2, 0) is 57.4 Å². The van der Waals surface area contributed by atoms with E-state index in [1.54, 1.807) is 0 Å². The number of phenolic OH excluding ortho intramolecular Hbond substituents is 3. The van der Waals surface area contributed by atoms with Crippen molar-refractivity contribution in [3.05, 3.63) is 89.5 Å². The van der Waals surface area contributed by atoms with Crippen LogP contribution in [0, 0.1) is 0 Å². The molecule has 0 unspecified atom stereocenters. The maximum absolute atomic E-state index is 13.1. The molecule has 232 valence electrons. The summed E-state index contributed by atoms with van der Waals surface area (Å²) in [5.41, 5.74) is -0.785. The van der Waals surface area contributed by atoms with Crippen LogP contribution in [0.5, 0.6) is 17.2 Å². The lowest BCUT2D eigenvalue weighted by Crippen LogP contribution is -2.59. The molecule has 12 nitrogen and oxygen atoms in total. The number of esters is 4. The lowest BCUT2D eigenvalue weighted by molar-refractivity contribution is -0.216. The van der Waals surface area contributed by atoms with Crippen LogP contribution in [0.3, 0.4) is 0 Å². The fraction of sp³-hybridized carbons (Fsp3) is 0.312. The second-order valence-electron chi connectivity index (χ2n) is 10.5. The van der Waals surface area contributed by atoms with Gasteiger partial charge >= 0.3 is 23.9 Å². The van der Waals surface area contributed by atoms with Crippen LogP contribution >= 0.6 is 0 Å². The van der Waals surface area contributed by atoms with Gasteiger partial charge < -0.3 is 39.4 Å². The monoisotopic (exact) mass is 608 g/mol. The van der Waals surface area contributed by atoms with E-state index in [0.29, 0.717) is 16.7 Å². The lowest BCUT2D eigenvalue weighted by atomic mass is 9.79. The number of carbonyl (C=O) groups is 4. The second-order valence-corrected chi connectivity index (χ2v) is 10.5. The molecule has 0 spiro atoms. The third kappa shape index (κ3) is 8.48. The molecule has 0 aromatic heterocycles. The van der Waals surface area contributed by atoms with Gasteiger partial charge in [0.2, 0.25) is 0 Å². The van der Waals surface area contributed by atoms with Crippen LogP contribution in [-0.4, -0.2) is 75.3 Å². The average Bonchev–Trinajstić information content (AvgIpc) is 2.98. The number of aliphatic hydroxyl groups is 1. The van der Waals surface area contributed by atoms with E-state index in [1.807, 2.05) is 0 Å². The Balaban J connectivity index is 1.60. The molecular formula is C32H32O12. The number of ether oxygens (including phenoxy) is 4. The minimum atomic E-state index is -2.26. The molecule has 0 radical (unpaired) electrons. The summed E-state index contributed by atoms with van der Waals surface area (Å²) >= 11 is 0. The molecule has 1 saturated carbocycles. The van der Waals surface area contributed by atoms with Crippen molar-refractivity contribution in [2.45, 2.75) is 56.0 Å². The maximum Gasteiger partial charge on any atom is 0.338 e. The van der Waals surface area contributed by atoms with Crippen LogP contribution in [0.25, 0.3) is 0 Å². The largest absolute Gasteiger partial charge is 0.508 e. The summed E-state index contributed by atoms with van der Waals surface area (Å²) in [7, 11) is 1.06. The molecule has 4 N–H and O–H groups in total. The Hall–Kier alpha value is -5.10. The first-order valence-corrected chi connectivity index (χ1v) is 13.7. The topological polar surface area (TPSA) is 186 Å².